The summed E-state index contributed by atoms with van der Waals surface area (Å²) in [6.45, 7) is 3.82. The van der Waals surface area contributed by atoms with E-state index in [1.54, 1.807) is 18.2 Å². The van der Waals surface area contributed by atoms with Gasteiger partial charge in [0.2, 0.25) is 0 Å². The molecular weight excluding hydrogens is 200 g/mol. The van der Waals surface area contributed by atoms with Crippen molar-refractivity contribution in [2.75, 3.05) is 0 Å². The van der Waals surface area contributed by atoms with Gasteiger partial charge in [0.1, 0.15) is 11.6 Å². The first-order valence-corrected chi connectivity index (χ1v) is 4.69. The lowest BCUT2D eigenvalue weighted by molar-refractivity contribution is 0.242. The first kappa shape index (κ1) is 10.9. The average Bonchev–Trinajstić information content (AvgIpc) is 2.01. The summed E-state index contributed by atoms with van der Waals surface area (Å²) in [6.07, 6.45) is 0.0339. The molecule has 1 aromatic rings. The highest BCUT2D eigenvalue weighted by atomic mass is 35.5. The van der Waals surface area contributed by atoms with Crippen LogP contribution in [0.4, 0.5) is 0 Å². The lowest BCUT2D eigenvalue weighted by atomic mass is 10.2. The van der Waals surface area contributed by atoms with Crippen LogP contribution in [0.15, 0.2) is 18.2 Å². The van der Waals surface area contributed by atoms with Crippen LogP contribution in [0.5, 0.6) is 5.75 Å². The summed E-state index contributed by atoms with van der Waals surface area (Å²) in [5, 5.41) is 7.82. The third kappa shape index (κ3) is 2.39. The maximum absolute atomic E-state index is 7.37. The monoisotopic (exact) mass is 212 g/mol. The number of ether oxygens (including phenoxy) is 1. The van der Waals surface area contributed by atoms with Crippen molar-refractivity contribution in [3.8, 4) is 5.75 Å². The van der Waals surface area contributed by atoms with E-state index in [9.17, 15) is 0 Å². The van der Waals surface area contributed by atoms with Gasteiger partial charge in [0, 0.05) is 0 Å². The van der Waals surface area contributed by atoms with E-state index < -0.39 is 0 Å². The summed E-state index contributed by atoms with van der Waals surface area (Å²) in [5.74, 6) is 0.478. The molecule has 14 heavy (non-hydrogen) atoms. The SMILES string of the molecule is CC(C)Oc1cccc(Cl)c1C(=N)N. The van der Waals surface area contributed by atoms with Crippen molar-refractivity contribution in [1.82, 2.24) is 0 Å². The smallest absolute Gasteiger partial charge is 0.132 e. The van der Waals surface area contributed by atoms with E-state index in [1.165, 1.54) is 0 Å². The molecule has 0 saturated heterocycles. The lowest BCUT2D eigenvalue weighted by Crippen LogP contribution is -2.16. The van der Waals surface area contributed by atoms with Crippen molar-refractivity contribution < 1.29 is 4.74 Å². The summed E-state index contributed by atoms with van der Waals surface area (Å²) in [4.78, 5) is 0. The number of rotatable bonds is 3. The van der Waals surface area contributed by atoms with Crippen LogP contribution in [0.1, 0.15) is 19.4 Å². The van der Waals surface area contributed by atoms with Crippen LogP contribution in [0.2, 0.25) is 5.02 Å². The van der Waals surface area contributed by atoms with E-state index in [0.29, 0.717) is 16.3 Å². The van der Waals surface area contributed by atoms with Crippen molar-refractivity contribution in [2.45, 2.75) is 20.0 Å². The Morgan fingerprint density at radius 2 is 2.14 bits per heavy atom. The molecule has 0 unspecified atom stereocenters. The number of nitrogens with one attached hydrogen (secondary N) is 1. The molecule has 0 aliphatic carbocycles. The molecule has 0 atom stereocenters. The van der Waals surface area contributed by atoms with Gasteiger partial charge in [0.05, 0.1) is 16.7 Å². The fourth-order valence-electron chi connectivity index (χ4n) is 1.12. The average molecular weight is 213 g/mol. The maximum Gasteiger partial charge on any atom is 0.132 e. The van der Waals surface area contributed by atoms with Gasteiger partial charge in [-0.2, -0.15) is 0 Å². The Hall–Kier alpha value is -1.22. The fourth-order valence-corrected chi connectivity index (χ4v) is 1.39. The van der Waals surface area contributed by atoms with E-state index in [-0.39, 0.29) is 11.9 Å². The third-order valence-electron chi connectivity index (χ3n) is 1.61. The summed E-state index contributed by atoms with van der Waals surface area (Å²) >= 11 is 5.91. The minimum Gasteiger partial charge on any atom is -0.490 e. The van der Waals surface area contributed by atoms with Gasteiger partial charge in [-0.3, -0.25) is 5.41 Å². The first-order chi connectivity index (χ1) is 6.52. The molecule has 1 aromatic carbocycles. The molecule has 0 fully saturated rings. The number of hydrogen-bond donors (Lipinski definition) is 2. The maximum atomic E-state index is 7.37. The minimum atomic E-state index is -0.0775. The van der Waals surface area contributed by atoms with Gasteiger partial charge >= 0.3 is 0 Å². The molecule has 0 saturated carbocycles. The molecule has 0 aromatic heterocycles. The zero-order valence-corrected chi connectivity index (χ0v) is 8.93. The van der Waals surface area contributed by atoms with Crippen molar-refractivity contribution in [3.05, 3.63) is 28.8 Å². The Morgan fingerprint density at radius 3 is 2.64 bits per heavy atom. The molecule has 0 aliphatic rings. The summed E-state index contributed by atoms with van der Waals surface area (Å²) in [5.41, 5.74) is 5.87. The summed E-state index contributed by atoms with van der Waals surface area (Å²) in [6, 6.07) is 5.21. The Balaban J connectivity index is 3.14. The number of nitrogen functional groups attached to an aromatic ring is 1. The van der Waals surface area contributed by atoms with Crippen molar-refractivity contribution in [3.63, 3.8) is 0 Å². The lowest BCUT2D eigenvalue weighted by Gasteiger charge is -2.14. The van der Waals surface area contributed by atoms with Gasteiger partial charge in [0.15, 0.2) is 0 Å². The van der Waals surface area contributed by atoms with E-state index in [0.717, 1.165) is 0 Å². The van der Waals surface area contributed by atoms with Gasteiger partial charge < -0.3 is 10.5 Å². The molecule has 0 radical (unpaired) electrons. The largest absolute Gasteiger partial charge is 0.490 e. The number of nitrogens with two attached hydrogens (primary N) is 1. The van der Waals surface area contributed by atoms with Crippen LogP contribution < -0.4 is 10.5 Å². The number of halogens is 1. The highest BCUT2D eigenvalue weighted by Gasteiger charge is 2.11. The number of benzene rings is 1. The Morgan fingerprint density at radius 1 is 1.50 bits per heavy atom. The van der Waals surface area contributed by atoms with Gasteiger partial charge in [-0.05, 0) is 26.0 Å². The molecule has 4 heteroatoms. The van der Waals surface area contributed by atoms with Crippen LogP contribution >= 0.6 is 11.6 Å². The Bertz CT molecular complexity index is 350. The Labute approximate surface area is 88.3 Å². The van der Waals surface area contributed by atoms with Crippen LogP contribution in [-0.4, -0.2) is 11.9 Å². The topological polar surface area (TPSA) is 59.1 Å². The second-order valence-corrected chi connectivity index (χ2v) is 3.60. The molecule has 0 bridgehead atoms. The second kappa shape index (κ2) is 4.33. The highest BCUT2D eigenvalue weighted by molar-refractivity contribution is 6.34. The van der Waals surface area contributed by atoms with E-state index in [1.807, 2.05) is 13.8 Å². The molecule has 3 N–H and O–H groups in total. The minimum absolute atomic E-state index is 0.0339. The molecule has 1 rings (SSSR count). The van der Waals surface area contributed by atoms with Crippen molar-refractivity contribution in [1.29, 1.82) is 5.41 Å². The zero-order valence-electron chi connectivity index (χ0n) is 8.17. The molecule has 0 heterocycles. The fraction of sp³-hybridized carbons (Fsp3) is 0.300. The number of amidine groups is 1. The van der Waals surface area contributed by atoms with Crippen molar-refractivity contribution in [2.24, 2.45) is 5.73 Å². The predicted octanol–water partition coefficient (Wildman–Crippen LogP) is 2.41. The number of hydrogen-bond acceptors (Lipinski definition) is 2. The van der Waals surface area contributed by atoms with Crippen LogP contribution in [0, 0.1) is 5.41 Å². The van der Waals surface area contributed by atoms with Crippen molar-refractivity contribution >= 4 is 17.4 Å². The molecular formula is C10H13ClN2O. The molecule has 0 spiro atoms. The first-order valence-electron chi connectivity index (χ1n) is 4.32. The molecule has 76 valence electrons. The van der Waals surface area contributed by atoms with Crippen LogP contribution in [-0.2, 0) is 0 Å². The third-order valence-corrected chi connectivity index (χ3v) is 1.92. The molecule has 0 amide bonds. The summed E-state index contributed by atoms with van der Waals surface area (Å²) in [7, 11) is 0. The van der Waals surface area contributed by atoms with Gasteiger partial charge in [-0.1, -0.05) is 17.7 Å². The van der Waals surface area contributed by atoms with E-state index in [4.69, 9.17) is 27.5 Å². The zero-order chi connectivity index (χ0) is 10.7. The normalized spacial score (nSPS) is 10.3. The standard InChI is InChI=1S/C10H13ClN2O/c1-6(2)14-8-5-3-4-7(11)9(8)10(12)13/h3-6H,1-2H3,(H3,12,13). The van der Waals surface area contributed by atoms with E-state index in [2.05, 4.69) is 0 Å². The van der Waals surface area contributed by atoms with Gasteiger partial charge in [-0.25, -0.2) is 0 Å². The van der Waals surface area contributed by atoms with Crippen LogP contribution in [0.3, 0.4) is 0 Å². The van der Waals surface area contributed by atoms with Gasteiger partial charge in [-0.15, -0.1) is 0 Å². The molecule has 0 aliphatic heterocycles. The van der Waals surface area contributed by atoms with Crippen LogP contribution in [0.25, 0.3) is 0 Å². The highest BCUT2D eigenvalue weighted by Crippen LogP contribution is 2.26. The summed E-state index contributed by atoms with van der Waals surface area (Å²) < 4.78 is 5.48. The quantitative estimate of drug-likeness (QED) is 0.597. The van der Waals surface area contributed by atoms with E-state index >= 15 is 0 Å². The molecule has 3 nitrogen and oxygen atoms in total. The Kier molecular flexibility index (Phi) is 3.36. The van der Waals surface area contributed by atoms with Gasteiger partial charge in [0.25, 0.3) is 0 Å². The second-order valence-electron chi connectivity index (χ2n) is 3.19. The predicted molar refractivity (Wildman–Crippen MR) is 58.2 cm³/mol.